The highest BCUT2D eigenvalue weighted by atomic mass is 16.5. The third-order valence-corrected chi connectivity index (χ3v) is 2.13. The van der Waals surface area contributed by atoms with Crippen LogP contribution < -0.4 is 10.1 Å². The summed E-state index contributed by atoms with van der Waals surface area (Å²) in [7, 11) is 0. The highest BCUT2D eigenvalue weighted by Crippen LogP contribution is 2.07. The van der Waals surface area contributed by atoms with Crippen molar-refractivity contribution in [3.8, 4) is 5.88 Å². The zero-order valence-electron chi connectivity index (χ0n) is 10.8. The highest BCUT2D eigenvalue weighted by molar-refractivity contribution is 5.11. The fourth-order valence-corrected chi connectivity index (χ4v) is 1.28. The predicted molar refractivity (Wildman–Crippen MR) is 66.0 cm³/mol. The molecule has 0 saturated carbocycles. The van der Waals surface area contributed by atoms with Crippen molar-refractivity contribution in [2.45, 2.75) is 33.4 Å². The van der Waals surface area contributed by atoms with E-state index in [0.717, 1.165) is 18.8 Å². The van der Waals surface area contributed by atoms with Gasteiger partial charge in [-0.25, -0.2) is 0 Å². The molecule has 1 heterocycles. The molecule has 0 aliphatic rings. The average Bonchev–Trinajstić information content (AvgIpc) is 2.35. The third kappa shape index (κ3) is 5.60. The van der Waals surface area contributed by atoms with Crippen LogP contribution in [0.3, 0.4) is 0 Å². The smallest absolute Gasteiger partial charge is 0.233 e. The number of rotatable bonds is 8. The Balaban J connectivity index is 2.39. The topological polar surface area (TPSA) is 56.3 Å². The Morgan fingerprint density at radius 3 is 2.71 bits per heavy atom. The third-order valence-electron chi connectivity index (χ3n) is 2.13. The van der Waals surface area contributed by atoms with Crippen LogP contribution >= 0.6 is 0 Å². The molecule has 0 radical (unpaired) electrons. The Morgan fingerprint density at radius 2 is 2.12 bits per heavy atom. The molecule has 1 N–H and O–H groups in total. The quantitative estimate of drug-likeness (QED) is 0.743. The van der Waals surface area contributed by atoms with Gasteiger partial charge in [-0.3, -0.25) is 0 Å². The lowest BCUT2D eigenvalue weighted by Crippen LogP contribution is -2.20. The Hall–Kier alpha value is -1.20. The number of hydrogen-bond acceptors (Lipinski definition) is 5. The largest absolute Gasteiger partial charge is 0.471 e. The van der Waals surface area contributed by atoms with Crippen LogP contribution in [0.4, 0.5) is 0 Å². The molecule has 1 atom stereocenters. The zero-order valence-corrected chi connectivity index (χ0v) is 10.8. The maximum Gasteiger partial charge on any atom is 0.233 e. The number of nitrogens with zero attached hydrogens (tertiary/aromatic N) is 2. The van der Waals surface area contributed by atoms with Crippen molar-refractivity contribution in [2.75, 3.05) is 19.8 Å². The number of nitrogens with one attached hydrogen (secondary N) is 1. The molecule has 0 fully saturated rings. The first kappa shape index (κ1) is 13.9. The molecule has 0 amide bonds. The van der Waals surface area contributed by atoms with Crippen LogP contribution in [0.25, 0.3) is 0 Å². The van der Waals surface area contributed by atoms with Crippen molar-refractivity contribution >= 4 is 0 Å². The molecular weight excluding hydrogens is 218 g/mol. The molecule has 5 nitrogen and oxygen atoms in total. The van der Waals surface area contributed by atoms with E-state index in [2.05, 4.69) is 22.4 Å². The van der Waals surface area contributed by atoms with E-state index in [1.165, 1.54) is 0 Å². The summed E-state index contributed by atoms with van der Waals surface area (Å²) in [5.74, 6) is 0.539. The summed E-state index contributed by atoms with van der Waals surface area (Å²) in [6, 6.07) is 3.75. The fourth-order valence-electron chi connectivity index (χ4n) is 1.28. The molecule has 1 aromatic rings. The molecule has 1 aromatic heterocycles. The summed E-state index contributed by atoms with van der Waals surface area (Å²) in [5.41, 5.74) is 0.914. The number of hydrogen-bond donors (Lipinski definition) is 1. The van der Waals surface area contributed by atoms with Crippen LogP contribution in [0.15, 0.2) is 12.1 Å². The first-order valence-electron chi connectivity index (χ1n) is 6.04. The average molecular weight is 239 g/mol. The summed E-state index contributed by atoms with van der Waals surface area (Å²) in [6.45, 7) is 8.88. The van der Waals surface area contributed by atoms with E-state index in [1.54, 1.807) is 0 Å². The van der Waals surface area contributed by atoms with Crippen molar-refractivity contribution < 1.29 is 9.47 Å². The Labute approximate surface area is 103 Å². The molecule has 0 aliphatic heterocycles. The normalized spacial score (nSPS) is 12.4. The van der Waals surface area contributed by atoms with Crippen LogP contribution in [0.2, 0.25) is 0 Å². The first-order valence-corrected chi connectivity index (χ1v) is 6.04. The summed E-state index contributed by atoms with van der Waals surface area (Å²) in [6.07, 6.45) is -0.0103. The molecule has 96 valence electrons. The van der Waals surface area contributed by atoms with Gasteiger partial charge in [-0.2, -0.15) is 5.10 Å². The standard InChI is InChI=1S/C12H21N3O2/c1-4-13-8-11-6-7-12(15-14-11)17-10(3)9-16-5-2/h6-7,10,13H,4-5,8-9H2,1-3H3. The van der Waals surface area contributed by atoms with Crippen molar-refractivity contribution in [2.24, 2.45) is 0 Å². The van der Waals surface area contributed by atoms with Crippen LogP contribution in [0.5, 0.6) is 5.88 Å². The van der Waals surface area contributed by atoms with Crippen molar-refractivity contribution in [1.82, 2.24) is 15.5 Å². The summed E-state index contributed by atoms with van der Waals surface area (Å²) >= 11 is 0. The van der Waals surface area contributed by atoms with E-state index in [-0.39, 0.29) is 6.10 Å². The molecule has 0 aromatic carbocycles. The Kier molecular flexibility index (Phi) is 6.50. The zero-order chi connectivity index (χ0) is 12.5. The number of ether oxygens (including phenoxy) is 2. The fraction of sp³-hybridized carbons (Fsp3) is 0.667. The van der Waals surface area contributed by atoms with Crippen LogP contribution in [0.1, 0.15) is 26.5 Å². The van der Waals surface area contributed by atoms with Crippen LogP contribution in [-0.2, 0) is 11.3 Å². The van der Waals surface area contributed by atoms with Crippen LogP contribution in [-0.4, -0.2) is 36.1 Å². The van der Waals surface area contributed by atoms with Gasteiger partial charge in [-0.15, -0.1) is 5.10 Å². The minimum Gasteiger partial charge on any atom is -0.471 e. The molecule has 5 heteroatoms. The van der Waals surface area contributed by atoms with Gasteiger partial charge in [0.15, 0.2) is 0 Å². The van der Waals surface area contributed by atoms with E-state index < -0.39 is 0 Å². The first-order chi connectivity index (χ1) is 8.26. The lowest BCUT2D eigenvalue weighted by Gasteiger charge is -2.13. The van der Waals surface area contributed by atoms with E-state index in [9.17, 15) is 0 Å². The highest BCUT2D eigenvalue weighted by Gasteiger charge is 2.05. The van der Waals surface area contributed by atoms with Gasteiger partial charge in [0.2, 0.25) is 5.88 Å². The molecule has 17 heavy (non-hydrogen) atoms. The lowest BCUT2D eigenvalue weighted by molar-refractivity contribution is 0.0628. The molecular formula is C12H21N3O2. The van der Waals surface area contributed by atoms with Gasteiger partial charge in [-0.1, -0.05) is 6.92 Å². The van der Waals surface area contributed by atoms with Crippen molar-refractivity contribution in [3.63, 3.8) is 0 Å². The summed E-state index contributed by atoms with van der Waals surface area (Å²) in [5, 5.41) is 11.3. The maximum atomic E-state index is 5.56. The van der Waals surface area contributed by atoms with Gasteiger partial charge in [-0.05, 0) is 26.5 Å². The Bertz CT molecular complexity index is 303. The minimum absolute atomic E-state index is 0.0103. The molecule has 0 spiro atoms. The summed E-state index contributed by atoms with van der Waals surface area (Å²) in [4.78, 5) is 0. The second kappa shape index (κ2) is 7.97. The van der Waals surface area contributed by atoms with Gasteiger partial charge in [0.05, 0.1) is 12.3 Å². The second-order valence-corrected chi connectivity index (χ2v) is 3.73. The lowest BCUT2D eigenvalue weighted by atomic mass is 10.4. The molecule has 1 rings (SSSR count). The van der Waals surface area contributed by atoms with E-state index in [4.69, 9.17) is 9.47 Å². The molecule has 0 saturated heterocycles. The Morgan fingerprint density at radius 1 is 1.29 bits per heavy atom. The monoisotopic (exact) mass is 239 g/mol. The van der Waals surface area contributed by atoms with Crippen molar-refractivity contribution in [3.05, 3.63) is 17.8 Å². The van der Waals surface area contributed by atoms with Gasteiger partial charge in [0, 0.05) is 19.2 Å². The molecule has 0 bridgehead atoms. The van der Waals surface area contributed by atoms with E-state index >= 15 is 0 Å². The minimum atomic E-state index is -0.0103. The predicted octanol–water partition coefficient (Wildman–Crippen LogP) is 1.39. The van der Waals surface area contributed by atoms with Crippen LogP contribution in [0, 0.1) is 0 Å². The van der Waals surface area contributed by atoms with Gasteiger partial charge in [0.25, 0.3) is 0 Å². The van der Waals surface area contributed by atoms with E-state index in [0.29, 0.717) is 19.1 Å². The van der Waals surface area contributed by atoms with Gasteiger partial charge >= 0.3 is 0 Å². The summed E-state index contributed by atoms with van der Waals surface area (Å²) < 4.78 is 10.8. The number of aromatic nitrogens is 2. The molecule has 1 unspecified atom stereocenters. The van der Waals surface area contributed by atoms with Gasteiger partial charge < -0.3 is 14.8 Å². The SMILES string of the molecule is CCNCc1ccc(OC(C)COCC)nn1. The molecule has 0 aliphatic carbocycles. The second-order valence-electron chi connectivity index (χ2n) is 3.73. The maximum absolute atomic E-state index is 5.56. The van der Waals surface area contributed by atoms with Crippen molar-refractivity contribution in [1.29, 1.82) is 0 Å². The van der Waals surface area contributed by atoms with Gasteiger partial charge in [0.1, 0.15) is 6.10 Å². The van der Waals surface area contributed by atoms with E-state index in [1.807, 2.05) is 26.0 Å².